The van der Waals surface area contributed by atoms with Crippen LogP contribution in [0.1, 0.15) is 16.8 Å². The number of benzene rings is 1. The van der Waals surface area contributed by atoms with Gasteiger partial charge in [-0.2, -0.15) is 13.2 Å². The second-order valence-electron chi connectivity index (χ2n) is 6.66. The van der Waals surface area contributed by atoms with E-state index in [4.69, 9.17) is 0 Å². The molecule has 2 aromatic heterocycles. The van der Waals surface area contributed by atoms with E-state index in [1.807, 2.05) is 18.4 Å². The minimum absolute atomic E-state index is 0.155. The molecule has 5 nitrogen and oxygen atoms in total. The third-order valence-electron chi connectivity index (χ3n) is 4.04. The number of likely N-dealkylation sites (N-methyl/N-ethyl adjacent to an activating group) is 1. The predicted molar refractivity (Wildman–Crippen MR) is 106 cm³/mol. The number of carbonyl (C=O) groups excluding carboxylic acids is 1. The van der Waals surface area contributed by atoms with Crippen molar-refractivity contribution in [3.8, 4) is 10.6 Å². The molecule has 0 saturated heterocycles. The predicted octanol–water partition coefficient (Wildman–Crippen LogP) is 4.60. The summed E-state index contributed by atoms with van der Waals surface area (Å²) in [5.41, 5.74) is 1.69. The highest BCUT2D eigenvalue weighted by molar-refractivity contribution is 7.13. The zero-order chi connectivity index (χ0) is 21.0. The highest BCUT2D eigenvalue weighted by Crippen LogP contribution is 2.31. The van der Waals surface area contributed by atoms with Crippen LogP contribution in [-0.4, -0.2) is 34.4 Å². The second kappa shape index (κ2) is 8.71. The first kappa shape index (κ1) is 20.9. The topological polar surface area (TPSA) is 58.1 Å². The fourth-order valence-electron chi connectivity index (χ4n) is 2.62. The number of hydrogen-bond donors (Lipinski definition) is 1. The molecule has 0 aliphatic rings. The van der Waals surface area contributed by atoms with Gasteiger partial charge in [-0.05, 0) is 37.7 Å². The summed E-state index contributed by atoms with van der Waals surface area (Å²) in [4.78, 5) is 22.5. The van der Waals surface area contributed by atoms with Gasteiger partial charge in [-0.3, -0.25) is 9.69 Å². The van der Waals surface area contributed by atoms with Crippen LogP contribution in [0.15, 0.2) is 48.0 Å². The van der Waals surface area contributed by atoms with Gasteiger partial charge in [0.1, 0.15) is 10.8 Å². The summed E-state index contributed by atoms with van der Waals surface area (Å²) in [7, 11) is 1.79. The van der Waals surface area contributed by atoms with Crippen LogP contribution in [0, 0.1) is 6.92 Å². The van der Waals surface area contributed by atoms with Gasteiger partial charge in [0.2, 0.25) is 5.91 Å². The lowest BCUT2D eigenvalue weighted by atomic mass is 10.1. The average Bonchev–Trinajstić information content (AvgIpc) is 3.11. The quantitative estimate of drug-likeness (QED) is 0.633. The van der Waals surface area contributed by atoms with Gasteiger partial charge < -0.3 is 5.32 Å². The summed E-state index contributed by atoms with van der Waals surface area (Å²) in [5.74, 6) is 0.300. The number of alkyl halides is 3. The molecule has 3 rings (SSSR count). The van der Waals surface area contributed by atoms with Crippen molar-refractivity contribution < 1.29 is 18.0 Å². The smallest absolute Gasteiger partial charge is 0.310 e. The fraction of sp³-hybridized carbons (Fsp3) is 0.250. The van der Waals surface area contributed by atoms with Gasteiger partial charge in [0.05, 0.1) is 17.8 Å². The van der Waals surface area contributed by atoms with Crippen molar-refractivity contribution in [1.29, 1.82) is 0 Å². The maximum absolute atomic E-state index is 12.7. The standard InChI is InChI=1S/C20H19F3N4OS/c1-13-3-8-17(24-9-13)26-18(28)11-27(2)10-16-12-29-19(25-16)14-4-6-15(7-5-14)20(21,22)23/h3-9,12H,10-11H2,1-2H3,(H,24,26,28). The maximum atomic E-state index is 12.7. The van der Waals surface area contributed by atoms with E-state index in [1.165, 1.54) is 23.5 Å². The van der Waals surface area contributed by atoms with Crippen LogP contribution in [0.2, 0.25) is 0 Å². The summed E-state index contributed by atoms with van der Waals surface area (Å²) in [6.07, 6.45) is -2.68. The Labute approximate surface area is 170 Å². The molecule has 0 atom stereocenters. The number of nitrogens with zero attached hydrogens (tertiary/aromatic N) is 3. The highest BCUT2D eigenvalue weighted by Gasteiger charge is 2.30. The van der Waals surface area contributed by atoms with Gasteiger partial charge in [0, 0.05) is 23.7 Å². The molecule has 0 unspecified atom stereocenters. The van der Waals surface area contributed by atoms with E-state index in [0.29, 0.717) is 22.9 Å². The lowest BCUT2D eigenvalue weighted by Gasteiger charge is -2.14. The van der Waals surface area contributed by atoms with E-state index in [-0.39, 0.29) is 12.5 Å². The molecule has 152 valence electrons. The summed E-state index contributed by atoms with van der Waals surface area (Å²) in [5, 5.41) is 5.20. The average molecular weight is 420 g/mol. The van der Waals surface area contributed by atoms with E-state index >= 15 is 0 Å². The molecule has 1 amide bonds. The summed E-state index contributed by atoms with van der Waals surface area (Å²) in [6, 6.07) is 8.53. The molecule has 0 bridgehead atoms. The molecule has 0 spiro atoms. The largest absolute Gasteiger partial charge is 0.416 e. The van der Waals surface area contributed by atoms with E-state index in [2.05, 4.69) is 15.3 Å². The van der Waals surface area contributed by atoms with Gasteiger partial charge >= 0.3 is 6.18 Å². The van der Waals surface area contributed by atoms with E-state index in [9.17, 15) is 18.0 Å². The molecule has 0 saturated carbocycles. The molecular formula is C20H19F3N4OS. The summed E-state index contributed by atoms with van der Waals surface area (Å²) in [6.45, 7) is 2.51. The highest BCUT2D eigenvalue weighted by atomic mass is 32.1. The third kappa shape index (κ3) is 5.85. The molecule has 0 radical (unpaired) electrons. The lowest BCUT2D eigenvalue weighted by molar-refractivity contribution is -0.137. The van der Waals surface area contributed by atoms with Crippen LogP contribution in [0.5, 0.6) is 0 Å². The Hall–Kier alpha value is -2.78. The van der Waals surface area contributed by atoms with E-state index in [0.717, 1.165) is 23.4 Å². The molecule has 1 aromatic carbocycles. The van der Waals surface area contributed by atoms with Crippen LogP contribution in [0.25, 0.3) is 10.6 Å². The monoisotopic (exact) mass is 420 g/mol. The van der Waals surface area contributed by atoms with Crippen molar-refractivity contribution >= 4 is 23.1 Å². The summed E-state index contributed by atoms with van der Waals surface area (Å²) >= 11 is 1.35. The normalized spacial score (nSPS) is 11.7. The number of nitrogens with one attached hydrogen (secondary N) is 1. The van der Waals surface area contributed by atoms with Crippen molar-refractivity contribution in [2.45, 2.75) is 19.6 Å². The van der Waals surface area contributed by atoms with Gasteiger partial charge in [0.25, 0.3) is 0 Å². The van der Waals surface area contributed by atoms with Crippen LogP contribution >= 0.6 is 11.3 Å². The first-order chi connectivity index (χ1) is 13.7. The molecule has 2 heterocycles. The van der Waals surface area contributed by atoms with Gasteiger partial charge in [-0.1, -0.05) is 18.2 Å². The Morgan fingerprint density at radius 1 is 1.17 bits per heavy atom. The van der Waals surface area contributed by atoms with Crippen LogP contribution in [0.4, 0.5) is 19.0 Å². The minimum atomic E-state index is -4.36. The number of pyridine rings is 1. The van der Waals surface area contributed by atoms with E-state index in [1.54, 1.807) is 24.2 Å². The third-order valence-corrected chi connectivity index (χ3v) is 4.98. The number of hydrogen-bond acceptors (Lipinski definition) is 5. The molecule has 29 heavy (non-hydrogen) atoms. The molecule has 0 aliphatic heterocycles. The van der Waals surface area contributed by atoms with Crippen molar-refractivity contribution in [1.82, 2.24) is 14.9 Å². The van der Waals surface area contributed by atoms with Gasteiger partial charge in [-0.25, -0.2) is 9.97 Å². The molecule has 9 heteroatoms. The lowest BCUT2D eigenvalue weighted by Crippen LogP contribution is -2.30. The first-order valence-corrected chi connectivity index (χ1v) is 9.62. The van der Waals surface area contributed by atoms with E-state index < -0.39 is 11.7 Å². The summed E-state index contributed by atoms with van der Waals surface area (Å²) < 4.78 is 38.0. The van der Waals surface area contributed by atoms with Crippen LogP contribution < -0.4 is 5.32 Å². The SMILES string of the molecule is Cc1ccc(NC(=O)CN(C)Cc2csc(-c3ccc(C(F)(F)F)cc3)n2)nc1. The number of amides is 1. The Morgan fingerprint density at radius 3 is 2.52 bits per heavy atom. The number of halogens is 3. The Balaban J connectivity index is 1.56. The second-order valence-corrected chi connectivity index (χ2v) is 7.52. The van der Waals surface area contributed by atoms with Crippen molar-refractivity contribution in [2.24, 2.45) is 0 Å². The maximum Gasteiger partial charge on any atom is 0.416 e. The first-order valence-electron chi connectivity index (χ1n) is 8.74. The Morgan fingerprint density at radius 2 is 1.90 bits per heavy atom. The Kier molecular flexibility index (Phi) is 6.29. The van der Waals surface area contributed by atoms with Crippen LogP contribution in [0.3, 0.4) is 0 Å². The van der Waals surface area contributed by atoms with Crippen molar-refractivity contribution in [2.75, 3.05) is 18.9 Å². The molecule has 1 N–H and O–H groups in total. The number of thiazole rings is 1. The van der Waals surface area contributed by atoms with Crippen LogP contribution in [-0.2, 0) is 17.5 Å². The molecular weight excluding hydrogens is 401 g/mol. The number of carbonyl (C=O) groups is 1. The zero-order valence-corrected chi connectivity index (χ0v) is 16.6. The van der Waals surface area contributed by atoms with Crippen molar-refractivity contribution in [3.05, 3.63) is 64.8 Å². The molecule has 3 aromatic rings. The minimum Gasteiger partial charge on any atom is -0.310 e. The fourth-order valence-corrected chi connectivity index (χ4v) is 3.43. The van der Waals surface area contributed by atoms with Gasteiger partial charge in [-0.15, -0.1) is 11.3 Å². The van der Waals surface area contributed by atoms with Crippen molar-refractivity contribution in [3.63, 3.8) is 0 Å². The zero-order valence-electron chi connectivity index (χ0n) is 15.8. The molecule has 0 aliphatic carbocycles. The number of anilines is 1. The Bertz CT molecular complexity index is 969. The van der Waals surface area contributed by atoms with Gasteiger partial charge in [0.15, 0.2) is 0 Å². The molecule has 0 fully saturated rings. The number of aryl methyl sites for hydroxylation is 1. The number of rotatable bonds is 6. The number of aromatic nitrogens is 2.